The molecule has 1 fully saturated rings. The number of anilines is 1. The highest BCUT2D eigenvalue weighted by Crippen LogP contribution is 2.40. The molecule has 0 bridgehead atoms. The van der Waals surface area contributed by atoms with Gasteiger partial charge in [-0.15, -0.1) is 0 Å². The molecule has 1 aliphatic heterocycles. The van der Waals surface area contributed by atoms with Crippen LogP contribution in [0.4, 0.5) is 10.1 Å². The number of hydrogen-bond acceptors (Lipinski definition) is 5. The van der Waals surface area contributed by atoms with Gasteiger partial charge in [0, 0.05) is 37.9 Å². The molecule has 5 nitrogen and oxygen atoms in total. The number of nitrogens with zero attached hydrogens (tertiary/aromatic N) is 2. The number of fused-ring (bicyclic) bond motifs is 1. The fourth-order valence-corrected chi connectivity index (χ4v) is 6.64. The Hall–Kier alpha value is -3.25. The summed E-state index contributed by atoms with van der Waals surface area (Å²) >= 11 is 0. The van der Waals surface area contributed by atoms with E-state index in [1.807, 2.05) is 18.2 Å². The van der Waals surface area contributed by atoms with Gasteiger partial charge in [0.2, 0.25) is 0 Å². The predicted octanol–water partition coefficient (Wildman–Crippen LogP) is 7.34. The third-order valence-electron chi connectivity index (χ3n) is 8.83. The number of ether oxygens (including phenoxy) is 2. The van der Waals surface area contributed by atoms with E-state index in [4.69, 9.17) is 9.47 Å². The second-order valence-corrected chi connectivity index (χ2v) is 12.5. The Balaban J connectivity index is 1.28. The maximum absolute atomic E-state index is 15.2. The van der Waals surface area contributed by atoms with Gasteiger partial charge in [-0.1, -0.05) is 32.0 Å². The largest absolute Gasteiger partial charge is 0.508 e. The Kier molecular flexibility index (Phi) is 9.08. The smallest absolute Gasteiger partial charge is 0.165 e. The van der Waals surface area contributed by atoms with Gasteiger partial charge in [0.1, 0.15) is 18.1 Å². The van der Waals surface area contributed by atoms with Crippen molar-refractivity contribution >= 4 is 5.69 Å². The second-order valence-electron chi connectivity index (χ2n) is 12.5. The summed E-state index contributed by atoms with van der Waals surface area (Å²) in [6.45, 7) is 11.6. The summed E-state index contributed by atoms with van der Waals surface area (Å²) in [4.78, 5) is 4.73. The molecule has 1 saturated heterocycles. The first-order valence-corrected chi connectivity index (χ1v) is 15.1. The third-order valence-corrected chi connectivity index (χ3v) is 8.83. The summed E-state index contributed by atoms with van der Waals surface area (Å²) in [6, 6.07) is 17.4. The maximum atomic E-state index is 15.2. The molecule has 3 aromatic carbocycles. The first-order valence-electron chi connectivity index (χ1n) is 15.1. The zero-order chi connectivity index (χ0) is 29.0. The molecule has 0 amide bonds. The molecule has 41 heavy (non-hydrogen) atoms. The fraction of sp³-hybridized carbons (Fsp3) is 0.486. The highest BCUT2D eigenvalue weighted by molar-refractivity contribution is 5.60. The molecule has 0 radical (unpaired) electrons. The Labute approximate surface area is 244 Å². The van der Waals surface area contributed by atoms with E-state index in [0.717, 1.165) is 62.4 Å². The van der Waals surface area contributed by atoms with Crippen molar-refractivity contribution in [1.82, 2.24) is 4.90 Å². The number of benzene rings is 3. The van der Waals surface area contributed by atoms with Crippen LogP contribution in [0.15, 0.2) is 54.6 Å². The average Bonchev–Trinajstić information content (AvgIpc) is 2.96. The molecule has 1 atom stereocenters. The SMILES string of the molecule is CCN(Cc1ccc(OCCN2CCCC(C)(C)C2)c(F)c1)c1cc(OC)ccc1C1CCc2cc(O)ccc2C1. The summed E-state index contributed by atoms with van der Waals surface area (Å²) in [7, 11) is 1.69. The van der Waals surface area contributed by atoms with Gasteiger partial charge in [0.25, 0.3) is 0 Å². The fourth-order valence-electron chi connectivity index (χ4n) is 6.64. The van der Waals surface area contributed by atoms with Crippen molar-refractivity contribution < 1.29 is 19.0 Å². The highest BCUT2D eigenvalue weighted by Gasteiger charge is 2.27. The number of halogens is 1. The molecule has 1 aliphatic carbocycles. The zero-order valence-corrected chi connectivity index (χ0v) is 25.1. The normalized spacial score (nSPS) is 18.5. The maximum Gasteiger partial charge on any atom is 0.165 e. The molecule has 1 heterocycles. The van der Waals surface area contributed by atoms with Gasteiger partial charge < -0.3 is 19.5 Å². The molecule has 6 heteroatoms. The highest BCUT2D eigenvalue weighted by atomic mass is 19.1. The van der Waals surface area contributed by atoms with Crippen LogP contribution in [0.1, 0.15) is 68.2 Å². The number of hydrogen-bond donors (Lipinski definition) is 1. The topological polar surface area (TPSA) is 45.2 Å². The van der Waals surface area contributed by atoms with Crippen molar-refractivity contribution in [3.8, 4) is 17.2 Å². The summed E-state index contributed by atoms with van der Waals surface area (Å²) < 4.78 is 26.6. The van der Waals surface area contributed by atoms with Gasteiger partial charge in [0.15, 0.2) is 11.6 Å². The monoisotopic (exact) mass is 560 g/mol. The van der Waals surface area contributed by atoms with Crippen LogP contribution < -0.4 is 14.4 Å². The Morgan fingerprint density at radius 2 is 1.93 bits per heavy atom. The Morgan fingerprint density at radius 1 is 1.07 bits per heavy atom. The minimum atomic E-state index is -0.310. The molecule has 0 aromatic heterocycles. The van der Waals surface area contributed by atoms with Crippen molar-refractivity contribution in [3.63, 3.8) is 0 Å². The lowest BCUT2D eigenvalue weighted by Crippen LogP contribution is -2.41. The van der Waals surface area contributed by atoms with Crippen LogP contribution >= 0.6 is 0 Å². The van der Waals surface area contributed by atoms with Crippen LogP contribution in [0.3, 0.4) is 0 Å². The summed E-state index contributed by atoms with van der Waals surface area (Å²) in [5.74, 6) is 1.52. The molecule has 220 valence electrons. The third kappa shape index (κ3) is 7.16. The van der Waals surface area contributed by atoms with Crippen LogP contribution in [0.2, 0.25) is 0 Å². The standard InChI is InChI=1S/C35H45FN2O3/c1-5-38(23-25-7-14-34(32(36)19-25)41-18-17-37-16-6-15-35(2,3)24-37)33-22-30(40-4)12-13-31(33)28-9-8-27-21-29(39)11-10-26(27)20-28/h7,10-14,19,21-22,28,39H,5-6,8-9,15-18,20,23-24H2,1-4H3. The minimum Gasteiger partial charge on any atom is -0.508 e. The lowest BCUT2D eigenvalue weighted by Gasteiger charge is -2.37. The van der Waals surface area contributed by atoms with Crippen LogP contribution in [0.5, 0.6) is 17.2 Å². The summed E-state index contributed by atoms with van der Waals surface area (Å²) in [5.41, 5.74) is 6.20. The van der Waals surface area contributed by atoms with Crippen LogP contribution in [0, 0.1) is 11.2 Å². The quantitative estimate of drug-likeness (QED) is 0.281. The van der Waals surface area contributed by atoms with Gasteiger partial charge >= 0.3 is 0 Å². The van der Waals surface area contributed by atoms with Gasteiger partial charge in [-0.05, 0) is 109 Å². The summed E-state index contributed by atoms with van der Waals surface area (Å²) in [5, 5.41) is 9.91. The Bertz CT molecular complexity index is 1340. The zero-order valence-electron chi connectivity index (χ0n) is 25.1. The minimum absolute atomic E-state index is 0.310. The summed E-state index contributed by atoms with van der Waals surface area (Å²) in [6.07, 6.45) is 5.35. The van der Waals surface area contributed by atoms with Crippen molar-refractivity contribution in [3.05, 3.63) is 82.7 Å². The molecular weight excluding hydrogens is 515 g/mol. The molecule has 0 spiro atoms. The Morgan fingerprint density at radius 3 is 2.68 bits per heavy atom. The number of aryl methyl sites for hydroxylation is 1. The molecule has 3 aromatic rings. The van der Waals surface area contributed by atoms with E-state index in [2.05, 4.69) is 48.8 Å². The van der Waals surface area contributed by atoms with E-state index in [9.17, 15) is 5.11 Å². The molecular formula is C35H45FN2O3. The van der Waals surface area contributed by atoms with Gasteiger partial charge in [-0.25, -0.2) is 4.39 Å². The van der Waals surface area contributed by atoms with Crippen molar-refractivity contribution in [2.75, 3.05) is 44.8 Å². The number of aromatic hydroxyl groups is 1. The van der Waals surface area contributed by atoms with E-state index in [0.29, 0.717) is 36.0 Å². The number of rotatable bonds is 10. The number of piperidine rings is 1. The molecule has 2 aliphatic rings. The van der Waals surface area contributed by atoms with Gasteiger partial charge in [0.05, 0.1) is 7.11 Å². The second kappa shape index (κ2) is 12.7. The first-order chi connectivity index (χ1) is 19.7. The number of phenolic OH excluding ortho intramolecular Hbond substituents is 1. The molecule has 1 N–H and O–H groups in total. The first kappa shape index (κ1) is 29.2. The molecule has 0 saturated carbocycles. The van der Waals surface area contributed by atoms with Gasteiger partial charge in [-0.2, -0.15) is 0 Å². The molecule has 1 unspecified atom stereocenters. The lowest BCUT2D eigenvalue weighted by molar-refractivity contribution is 0.101. The lowest BCUT2D eigenvalue weighted by atomic mass is 9.79. The van der Waals surface area contributed by atoms with Crippen molar-refractivity contribution in [1.29, 1.82) is 0 Å². The number of phenols is 1. The number of likely N-dealkylation sites (tertiary alicyclic amines) is 1. The van der Waals surface area contributed by atoms with Crippen molar-refractivity contribution in [2.24, 2.45) is 5.41 Å². The van der Waals surface area contributed by atoms with E-state index in [1.54, 1.807) is 25.3 Å². The van der Waals surface area contributed by atoms with E-state index in [-0.39, 0.29) is 5.82 Å². The van der Waals surface area contributed by atoms with Crippen LogP contribution in [-0.4, -0.2) is 49.9 Å². The predicted molar refractivity (Wildman–Crippen MR) is 164 cm³/mol. The van der Waals surface area contributed by atoms with Crippen LogP contribution in [-0.2, 0) is 19.4 Å². The van der Waals surface area contributed by atoms with E-state index < -0.39 is 0 Å². The average molecular weight is 561 g/mol. The van der Waals surface area contributed by atoms with E-state index in [1.165, 1.54) is 29.5 Å². The van der Waals surface area contributed by atoms with Crippen molar-refractivity contribution in [2.45, 2.75) is 65.3 Å². The van der Waals surface area contributed by atoms with E-state index >= 15 is 4.39 Å². The molecule has 5 rings (SSSR count). The van der Waals surface area contributed by atoms with Crippen LogP contribution in [0.25, 0.3) is 0 Å². The number of methoxy groups -OCH3 is 1. The van der Waals surface area contributed by atoms with Gasteiger partial charge in [-0.3, -0.25) is 4.90 Å².